The molecule has 14 heteroatoms. The molecule has 2 saturated heterocycles. The first kappa shape index (κ1) is 32.4. The van der Waals surface area contributed by atoms with Gasteiger partial charge in [0.2, 0.25) is 12.2 Å². The van der Waals surface area contributed by atoms with Crippen LogP contribution in [0.3, 0.4) is 0 Å². The number of nitrogens with zero attached hydrogens (tertiary/aromatic N) is 3. The maximum atomic E-state index is 12.5. The highest BCUT2D eigenvalue weighted by Gasteiger charge is 2.54. The summed E-state index contributed by atoms with van der Waals surface area (Å²) in [6.07, 6.45) is 0.0289. The van der Waals surface area contributed by atoms with Crippen LogP contribution in [0.15, 0.2) is 11.0 Å². The van der Waals surface area contributed by atoms with Crippen LogP contribution < -0.4 is 10.6 Å². The predicted octanol–water partition coefficient (Wildman–Crippen LogP) is 3.34. The number of esters is 3. The number of fused-ring (bicyclic) bond motifs is 1. The van der Waals surface area contributed by atoms with E-state index in [2.05, 4.69) is 9.97 Å². The molecular formula is C27H40N4O9S. The molecule has 0 aromatic carbocycles. The number of carbonyl (C=O) groups is 3. The minimum absolute atomic E-state index is 0.0717. The van der Waals surface area contributed by atoms with Gasteiger partial charge >= 0.3 is 22.8 Å². The summed E-state index contributed by atoms with van der Waals surface area (Å²) < 4.78 is 29.6. The Hall–Kier alpha value is -3.10. The third-order valence-corrected chi connectivity index (χ3v) is 8.35. The van der Waals surface area contributed by atoms with Crippen molar-refractivity contribution in [1.29, 1.82) is 0 Å². The second-order valence-electron chi connectivity index (χ2n) is 11.3. The lowest BCUT2D eigenvalue weighted by atomic mass is 9.81. The van der Waals surface area contributed by atoms with Crippen LogP contribution in [0.1, 0.15) is 81.4 Å². The van der Waals surface area contributed by atoms with E-state index in [1.807, 2.05) is 41.5 Å². The van der Waals surface area contributed by atoms with Crippen LogP contribution in [0.25, 0.3) is 10.3 Å². The van der Waals surface area contributed by atoms with E-state index in [4.69, 9.17) is 29.4 Å². The Balaban J connectivity index is 0.000000241. The van der Waals surface area contributed by atoms with E-state index in [9.17, 15) is 19.2 Å². The topological polar surface area (TPSA) is 171 Å². The predicted molar refractivity (Wildman–Crippen MR) is 150 cm³/mol. The van der Waals surface area contributed by atoms with Crippen LogP contribution in [0.5, 0.6) is 0 Å². The average molecular weight is 597 g/mol. The highest BCUT2D eigenvalue weighted by molar-refractivity contribution is 7.16. The molecule has 6 atom stereocenters. The standard InChI is InChI=1S/C15H20N4O4S.C12H20O5/c1-5-9-15(3,4)10(22-7(2)20)12(23-9)19-11-8(24-14(19)21)6-17-13(16)18-11;1-6-9-12(4,5)10(15-7(2)13)11(17-9)16-8(3)14/h6,9-10,12H,5H2,1-4H3,(H2,16,17,18);9-11H,6H2,1-5H3/t9-,10+,12-;9-,10+,11?/m11/s1. The largest absolute Gasteiger partial charge is 0.457 e. The van der Waals surface area contributed by atoms with Crippen LogP contribution in [-0.4, -0.2) is 63.1 Å². The zero-order valence-corrected chi connectivity index (χ0v) is 25.8. The third kappa shape index (κ3) is 6.70. The third-order valence-electron chi connectivity index (χ3n) is 7.48. The molecule has 0 amide bonds. The van der Waals surface area contributed by atoms with Crippen LogP contribution >= 0.6 is 11.3 Å². The van der Waals surface area contributed by atoms with Crippen molar-refractivity contribution >= 4 is 45.5 Å². The fourth-order valence-electron chi connectivity index (χ4n) is 5.45. The fourth-order valence-corrected chi connectivity index (χ4v) is 6.27. The SMILES string of the molecule is CC[C@H]1OC(OC(C)=O)[C@H](OC(C)=O)C1(C)C.CC[C@H]1O[C@@H](n2c(=O)sc3cnc(N)nc32)[C@H](OC(C)=O)C1(C)C. The lowest BCUT2D eigenvalue weighted by molar-refractivity contribution is -0.195. The van der Waals surface area contributed by atoms with Crippen molar-refractivity contribution in [3.8, 4) is 0 Å². The van der Waals surface area contributed by atoms with Gasteiger partial charge in [-0.05, 0) is 12.8 Å². The number of hydrogen-bond acceptors (Lipinski definition) is 13. The van der Waals surface area contributed by atoms with Crippen LogP contribution in [0.2, 0.25) is 0 Å². The van der Waals surface area contributed by atoms with E-state index in [0.717, 1.165) is 24.2 Å². The summed E-state index contributed by atoms with van der Waals surface area (Å²) in [6.45, 7) is 15.8. The molecule has 0 saturated carbocycles. The zero-order valence-electron chi connectivity index (χ0n) is 25.0. The molecule has 0 bridgehead atoms. The van der Waals surface area contributed by atoms with E-state index in [1.165, 1.54) is 31.5 Å². The van der Waals surface area contributed by atoms with Gasteiger partial charge in [0.15, 0.2) is 24.1 Å². The quantitative estimate of drug-likeness (QED) is 0.381. The van der Waals surface area contributed by atoms with Crippen LogP contribution in [0, 0.1) is 10.8 Å². The summed E-state index contributed by atoms with van der Waals surface area (Å²) in [5.74, 6) is -1.19. The van der Waals surface area contributed by atoms with E-state index in [1.54, 1.807) is 0 Å². The van der Waals surface area contributed by atoms with E-state index in [0.29, 0.717) is 10.3 Å². The Morgan fingerprint density at radius 2 is 1.44 bits per heavy atom. The Morgan fingerprint density at radius 3 is 1.98 bits per heavy atom. The van der Waals surface area contributed by atoms with Crippen molar-refractivity contribution < 1.29 is 38.1 Å². The highest BCUT2D eigenvalue weighted by atomic mass is 32.1. The number of carbonyl (C=O) groups excluding carboxylic acids is 3. The second kappa shape index (κ2) is 12.4. The molecular weight excluding hydrogens is 556 g/mol. The van der Waals surface area contributed by atoms with Gasteiger partial charge in [-0.3, -0.25) is 23.7 Å². The van der Waals surface area contributed by atoms with Gasteiger partial charge in [0, 0.05) is 31.6 Å². The minimum Gasteiger partial charge on any atom is -0.457 e. The molecule has 2 aliphatic rings. The van der Waals surface area contributed by atoms with Gasteiger partial charge in [-0.25, -0.2) is 4.98 Å². The van der Waals surface area contributed by atoms with Crippen molar-refractivity contribution in [2.45, 2.75) is 112 Å². The van der Waals surface area contributed by atoms with Gasteiger partial charge < -0.3 is 29.4 Å². The van der Waals surface area contributed by atoms with Gasteiger partial charge in [0.1, 0.15) is 0 Å². The Morgan fingerprint density at radius 1 is 0.927 bits per heavy atom. The van der Waals surface area contributed by atoms with Crippen molar-refractivity contribution in [3.05, 3.63) is 15.9 Å². The molecule has 4 heterocycles. The molecule has 4 rings (SSSR count). The summed E-state index contributed by atoms with van der Waals surface area (Å²) in [6, 6.07) is 0. The fraction of sp³-hybridized carbons (Fsp3) is 0.704. The normalized spacial score (nSPS) is 28.0. The lowest BCUT2D eigenvalue weighted by Crippen LogP contribution is -2.40. The molecule has 228 valence electrons. The summed E-state index contributed by atoms with van der Waals surface area (Å²) in [5.41, 5.74) is 5.24. The maximum absolute atomic E-state index is 12.5. The Kier molecular flexibility index (Phi) is 9.81. The number of nitrogens with two attached hydrogens (primary N) is 1. The molecule has 13 nitrogen and oxygen atoms in total. The highest BCUT2D eigenvalue weighted by Crippen LogP contribution is 2.47. The zero-order chi connectivity index (χ0) is 30.9. The molecule has 0 aliphatic carbocycles. The summed E-state index contributed by atoms with van der Waals surface area (Å²) in [4.78, 5) is 54.0. The van der Waals surface area contributed by atoms with Crippen LogP contribution in [0.4, 0.5) is 5.95 Å². The number of ether oxygens (including phenoxy) is 5. The molecule has 41 heavy (non-hydrogen) atoms. The van der Waals surface area contributed by atoms with E-state index >= 15 is 0 Å². The first-order valence-electron chi connectivity index (χ1n) is 13.5. The Bertz CT molecular complexity index is 1340. The number of anilines is 1. The molecule has 1 unspecified atom stereocenters. The van der Waals surface area contributed by atoms with E-state index in [-0.39, 0.29) is 28.4 Å². The van der Waals surface area contributed by atoms with Gasteiger partial charge in [0.25, 0.3) is 0 Å². The number of nitrogen functional groups attached to an aromatic ring is 1. The monoisotopic (exact) mass is 596 g/mol. The lowest BCUT2D eigenvalue weighted by Gasteiger charge is -2.30. The van der Waals surface area contributed by atoms with Crippen molar-refractivity contribution in [1.82, 2.24) is 14.5 Å². The molecule has 2 aromatic rings. The summed E-state index contributed by atoms with van der Waals surface area (Å²) in [7, 11) is 0. The molecule has 2 aromatic heterocycles. The van der Waals surface area contributed by atoms with Crippen molar-refractivity contribution in [3.63, 3.8) is 0 Å². The van der Waals surface area contributed by atoms with Crippen LogP contribution in [-0.2, 0) is 38.1 Å². The van der Waals surface area contributed by atoms with Crippen molar-refractivity contribution in [2.24, 2.45) is 10.8 Å². The second-order valence-corrected chi connectivity index (χ2v) is 12.3. The first-order valence-corrected chi connectivity index (χ1v) is 14.3. The Labute approximate surface area is 242 Å². The smallest absolute Gasteiger partial charge is 0.311 e. The van der Waals surface area contributed by atoms with E-state index < -0.39 is 48.0 Å². The first-order chi connectivity index (χ1) is 19.0. The molecule has 2 N–H and O–H groups in total. The number of rotatable bonds is 6. The number of thiazole rings is 1. The van der Waals surface area contributed by atoms with Gasteiger partial charge in [-0.2, -0.15) is 4.98 Å². The molecule has 2 aliphatic heterocycles. The number of hydrogen-bond donors (Lipinski definition) is 1. The minimum atomic E-state index is -0.809. The summed E-state index contributed by atoms with van der Waals surface area (Å²) in [5, 5.41) is 0. The maximum Gasteiger partial charge on any atom is 0.311 e. The molecule has 2 fully saturated rings. The average Bonchev–Trinajstić information content (AvgIpc) is 3.39. The van der Waals surface area contributed by atoms with Crippen molar-refractivity contribution in [2.75, 3.05) is 5.73 Å². The molecule has 0 spiro atoms. The van der Waals surface area contributed by atoms with Gasteiger partial charge in [-0.15, -0.1) is 0 Å². The molecule has 0 radical (unpaired) electrons. The van der Waals surface area contributed by atoms with Gasteiger partial charge in [-0.1, -0.05) is 52.9 Å². The van der Waals surface area contributed by atoms with Gasteiger partial charge in [0.05, 0.1) is 23.1 Å². The number of aromatic nitrogens is 3. The summed E-state index contributed by atoms with van der Waals surface area (Å²) >= 11 is 1.01.